The third-order valence-electron chi connectivity index (χ3n) is 5.83. The highest BCUT2D eigenvalue weighted by Crippen LogP contribution is 2.43. The molecule has 0 atom stereocenters. The zero-order valence-electron chi connectivity index (χ0n) is 18.5. The number of fused-ring (bicyclic) bond motifs is 3. The van der Waals surface area contributed by atoms with Gasteiger partial charge in [0, 0.05) is 11.5 Å². The Morgan fingerprint density at radius 3 is 2.00 bits per heavy atom. The Hall–Kier alpha value is -3.86. The molecular formula is C27H26N4O. The summed E-state index contributed by atoms with van der Waals surface area (Å²) in [6.07, 6.45) is 0. The van der Waals surface area contributed by atoms with Gasteiger partial charge in [-0.2, -0.15) is 5.10 Å². The van der Waals surface area contributed by atoms with Gasteiger partial charge in [-0.05, 0) is 34.4 Å². The molecule has 0 spiro atoms. The highest BCUT2D eigenvalue weighted by Gasteiger charge is 2.29. The largest absolute Gasteiger partial charge is 0.327 e. The maximum atomic E-state index is 13.2. The van der Waals surface area contributed by atoms with Crippen molar-refractivity contribution in [2.45, 2.75) is 32.2 Å². The molecule has 5 nitrogen and oxygen atoms in total. The fourth-order valence-corrected chi connectivity index (χ4v) is 4.20. The van der Waals surface area contributed by atoms with Crippen molar-refractivity contribution in [2.24, 2.45) is 0 Å². The monoisotopic (exact) mass is 422 g/mol. The Bertz CT molecular complexity index is 1240. The molecule has 3 aromatic carbocycles. The van der Waals surface area contributed by atoms with Crippen molar-refractivity contribution in [2.75, 3.05) is 5.32 Å². The lowest BCUT2D eigenvalue weighted by Gasteiger charge is -2.17. The number of para-hydroxylation sites is 1. The van der Waals surface area contributed by atoms with Crippen LogP contribution >= 0.6 is 0 Å². The second kappa shape index (κ2) is 7.68. The molecule has 0 saturated heterocycles. The van der Waals surface area contributed by atoms with Crippen LogP contribution in [0.2, 0.25) is 0 Å². The average molecular weight is 423 g/mol. The smallest absolute Gasteiger partial charge is 0.321 e. The Morgan fingerprint density at radius 1 is 0.844 bits per heavy atom. The van der Waals surface area contributed by atoms with Crippen LogP contribution < -0.4 is 10.6 Å². The van der Waals surface area contributed by atoms with Crippen molar-refractivity contribution in [1.82, 2.24) is 15.1 Å². The van der Waals surface area contributed by atoms with Crippen molar-refractivity contribution in [3.63, 3.8) is 0 Å². The van der Waals surface area contributed by atoms with Crippen molar-refractivity contribution in [1.29, 1.82) is 0 Å². The maximum absolute atomic E-state index is 13.2. The minimum Gasteiger partial charge on any atom is -0.327 e. The van der Waals surface area contributed by atoms with Crippen molar-refractivity contribution >= 4 is 11.8 Å². The van der Waals surface area contributed by atoms with E-state index in [0.717, 1.165) is 33.6 Å². The van der Waals surface area contributed by atoms with Crippen LogP contribution in [-0.2, 0) is 5.41 Å². The number of nitrogens with one attached hydrogen (secondary N) is 2. The number of anilines is 1. The second-order valence-corrected chi connectivity index (χ2v) is 9.12. The first kappa shape index (κ1) is 20.1. The van der Waals surface area contributed by atoms with Gasteiger partial charge in [0.1, 0.15) is 5.82 Å². The number of carbonyl (C=O) groups is 1. The van der Waals surface area contributed by atoms with E-state index < -0.39 is 0 Å². The quantitative estimate of drug-likeness (QED) is 0.421. The van der Waals surface area contributed by atoms with Crippen LogP contribution in [0.1, 0.15) is 43.6 Å². The summed E-state index contributed by atoms with van der Waals surface area (Å²) in [4.78, 5) is 13.2. The summed E-state index contributed by atoms with van der Waals surface area (Å²) in [7, 11) is 0. The van der Waals surface area contributed by atoms with Crippen LogP contribution in [0.25, 0.3) is 16.8 Å². The molecular weight excluding hydrogens is 396 g/mol. The third kappa shape index (κ3) is 3.56. The van der Waals surface area contributed by atoms with Gasteiger partial charge in [-0.15, -0.1) is 0 Å². The van der Waals surface area contributed by atoms with Crippen molar-refractivity contribution < 1.29 is 4.79 Å². The fourth-order valence-electron chi connectivity index (χ4n) is 4.20. The summed E-state index contributed by atoms with van der Waals surface area (Å²) in [6.45, 7) is 6.34. The van der Waals surface area contributed by atoms with Gasteiger partial charge in [0.15, 0.2) is 0 Å². The molecule has 0 saturated carbocycles. The predicted molar refractivity (Wildman–Crippen MR) is 128 cm³/mol. The molecule has 5 heteroatoms. The maximum Gasteiger partial charge on any atom is 0.321 e. The number of hydrogen-bond acceptors (Lipinski definition) is 2. The van der Waals surface area contributed by atoms with E-state index in [1.807, 2.05) is 60.7 Å². The van der Waals surface area contributed by atoms with Crippen LogP contribution in [0.3, 0.4) is 0 Å². The van der Waals surface area contributed by atoms with E-state index in [-0.39, 0.29) is 17.5 Å². The molecule has 4 aromatic rings. The van der Waals surface area contributed by atoms with E-state index in [0.29, 0.717) is 5.82 Å². The molecule has 32 heavy (non-hydrogen) atoms. The van der Waals surface area contributed by atoms with Crippen LogP contribution in [0.5, 0.6) is 0 Å². The summed E-state index contributed by atoms with van der Waals surface area (Å²) >= 11 is 0. The summed E-state index contributed by atoms with van der Waals surface area (Å²) in [5.74, 6) is 0.637. The van der Waals surface area contributed by atoms with E-state index in [1.165, 1.54) is 0 Å². The Morgan fingerprint density at radius 2 is 1.41 bits per heavy atom. The SMILES string of the molecule is CC(C)(C)c1cc(NC(=O)NC2c3ccccc3-c3ccccc32)n(-c2ccccc2)n1. The molecule has 1 aliphatic carbocycles. The lowest BCUT2D eigenvalue weighted by molar-refractivity contribution is 0.250. The molecule has 0 unspecified atom stereocenters. The second-order valence-electron chi connectivity index (χ2n) is 9.12. The number of benzene rings is 3. The van der Waals surface area contributed by atoms with Gasteiger partial charge >= 0.3 is 6.03 Å². The van der Waals surface area contributed by atoms with E-state index in [4.69, 9.17) is 5.10 Å². The summed E-state index contributed by atoms with van der Waals surface area (Å²) < 4.78 is 1.79. The average Bonchev–Trinajstić information content (AvgIpc) is 3.35. The number of urea groups is 1. The van der Waals surface area contributed by atoms with Gasteiger partial charge in [-0.1, -0.05) is 87.5 Å². The molecule has 0 aliphatic heterocycles. The molecule has 160 valence electrons. The number of aromatic nitrogens is 2. The number of carbonyl (C=O) groups excluding carboxylic acids is 1. The lowest BCUT2D eigenvalue weighted by atomic mass is 9.92. The van der Waals surface area contributed by atoms with E-state index in [9.17, 15) is 4.79 Å². The topological polar surface area (TPSA) is 59.0 Å². The summed E-state index contributed by atoms with van der Waals surface area (Å²) in [6, 6.07) is 27.8. The van der Waals surface area contributed by atoms with E-state index in [2.05, 4.69) is 55.7 Å². The molecule has 1 heterocycles. The van der Waals surface area contributed by atoms with E-state index in [1.54, 1.807) is 4.68 Å². The molecule has 0 fully saturated rings. The number of hydrogen-bond donors (Lipinski definition) is 2. The molecule has 1 aromatic heterocycles. The molecule has 1 aliphatic rings. The third-order valence-corrected chi connectivity index (χ3v) is 5.83. The van der Waals surface area contributed by atoms with Crippen LogP contribution in [0.4, 0.5) is 10.6 Å². The molecule has 5 rings (SSSR count). The minimum absolute atomic E-state index is 0.143. The minimum atomic E-state index is -0.265. The van der Waals surface area contributed by atoms with Crippen LogP contribution in [0, 0.1) is 0 Å². The van der Waals surface area contributed by atoms with Crippen LogP contribution in [0.15, 0.2) is 84.9 Å². The van der Waals surface area contributed by atoms with Crippen LogP contribution in [-0.4, -0.2) is 15.8 Å². The Kier molecular flexibility index (Phi) is 4.82. The molecule has 2 amide bonds. The number of rotatable bonds is 3. The van der Waals surface area contributed by atoms with Gasteiger partial charge < -0.3 is 5.32 Å². The number of nitrogens with zero attached hydrogens (tertiary/aromatic N) is 2. The fraction of sp³-hybridized carbons (Fsp3) is 0.185. The van der Waals surface area contributed by atoms with Gasteiger partial charge in [0.25, 0.3) is 0 Å². The zero-order valence-corrected chi connectivity index (χ0v) is 18.5. The highest BCUT2D eigenvalue weighted by molar-refractivity contribution is 5.91. The highest BCUT2D eigenvalue weighted by atomic mass is 16.2. The van der Waals surface area contributed by atoms with Crippen molar-refractivity contribution in [3.8, 4) is 16.8 Å². The van der Waals surface area contributed by atoms with Gasteiger partial charge in [-0.3, -0.25) is 5.32 Å². The predicted octanol–water partition coefficient (Wildman–Crippen LogP) is 6.06. The summed E-state index contributed by atoms with van der Waals surface area (Å²) in [5.41, 5.74) is 6.21. The summed E-state index contributed by atoms with van der Waals surface area (Å²) in [5, 5.41) is 11.0. The standard InChI is InChI=1S/C27H26N4O/c1-27(2,3)23-17-24(31(30-23)18-11-5-4-6-12-18)28-26(32)29-25-21-15-9-7-13-19(21)20-14-8-10-16-22(20)25/h4-17,25H,1-3H3,(H2,28,29,32). The first-order valence-corrected chi connectivity index (χ1v) is 10.8. The van der Waals surface area contributed by atoms with E-state index >= 15 is 0 Å². The van der Waals surface area contributed by atoms with Gasteiger partial charge in [0.2, 0.25) is 0 Å². The normalized spacial score (nSPS) is 12.8. The van der Waals surface area contributed by atoms with Gasteiger partial charge in [0.05, 0.1) is 17.4 Å². The Labute approximate surface area is 188 Å². The number of amides is 2. The lowest BCUT2D eigenvalue weighted by Crippen LogP contribution is -2.33. The molecule has 0 bridgehead atoms. The molecule has 2 N–H and O–H groups in total. The Balaban J connectivity index is 1.46. The van der Waals surface area contributed by atoms with Crippen molar-refractivity contribution in [3.05, 3.63) is 102 Å². The zero-order chi connectivity index (χ0) is 22.3. The van der Waals surface area contributed by atoms with Gasteiger partial charge in [-0.25, -0.2) is 9.48 Å². The first-order chi connectivity index (χ1) is 15.4. The first-order valence-electron chi connectivity index (χ1n) is 10.8. The molecule has 0 radical (unpaired) electrons.